The van der Waals surface area contributed by atoms with Crippen LogP contribution in [0.4, 0.5) is 10.1 Å². The first-order valence-electron chi connectivity index (χ1n) is 11.1. The van der Waals surface area contributed by atoms with Crippen LogP contribution < -0.4 is 15.5 Å². The van der Waals surface area contributed by atoms with Crippen LogP contribution in [-0.2, 0) is 16.1 Å². The summed E-state index contributed by atoms with van der Waals surface area (Å²) in [4.78, 5) is 29.1. The molecule has 0 saturated carbocycles. The summed E-state index contributed by atoms with van der Waals surface area (Å²) in [5.74, 6) is -0.980. The van der Waals surface area contributed by atoms with Gasteiger partial charge in [-0.25, -0.2) is 4.39 Å². The Hall–Kier alpha value is -3.36. The van der Waals surface area contributed by atoms with Crippen LogP contribution in [0.2, 0.25) is 5.02 Å². The number of hydrogen-bond acceptors (Lipinski definition) is 5. The molecular weight excluding hydrogens is 459 g/mol. The quantitative estimate of drug-likeness (QED) is 0.503. The number of anilines is 1. The van der Waals surface area contributed by atoms with Gasteiger partial charge in [-0.2, -0.15) is 0 Å². The van der Waals surface area contributed by atoms with Crippen LogP contribution in [-0.4, -0.2) is 49.4 Å². The number of nitrogens with zero attached hydrogens (tertiary/aromatic N) is 2. The van der Waals surface area contributed by atoms with E-state index in [-0.39, 0.29) is 24.9 Å². The van der Waals surface area contributed by atoms with Crippen molar-refractivity contribution >= 4 is 29.1 Å². The van der Waals surface area contributed by atoms with Crippen molar-refractivity contribution in [2.45, 2.75) is 12.6 Å². The summed E-state index contributed by atoms with van der Waals surface area (Å²) < 4.78 is 18.9. The van der Waals surface area contributed by atoms with Crippen LogP contribution >= 0.6 is 11.6 Å². The Labute approximate surface area is 202 Å². The molecule has 2 amide bonds. The normalized spacial score (nSPS) is 15.1. The number of benzene rings is 2. The van der Waals surface area contributed by atoms with E-state index >= 15 is 0 Å². The van der Waals surface area contributed by atoms with Gasteiger partial charge in [0.1, 0.15) is 11.6 Å². The predicted molar refractivity (Wildman–Crippen MR) is 128 cm³/mol. The number of halogens is 2. The van der Waals surface area contributed by atoms with Crippen LogP contribution in [0.5, 0.6) is 0 Å². The Bertz CT molecular complexity index is 1100. The zero-order valence-corrected chi connectivity index (χ0v) is 19.3. The van der Waals surface area contributed by atoms with Crippen molar-refractivity contribution in [3.8, 4) is 0 Å². The fourth-order valence-corrected chi connectivity index (χ4v) is 4.20. The highest BCUT2D eigenvalue weighted by Gasteiger charge is 2.28. The molecule has 0 unspecified atom stereocenters. The molecule has 2 N–H and O–H groups in total. The molecule has 178 valence electrons. The van der Waals surface area contributed by atoms with Crippen molar-refractivity contribution in [2.24, 2.45) is 0 Å². The maximum Gasteiger partial charge on any atom is 0.309 e. The third-order valence-electron chi connectivity index (χ3n) is 5.88. The highest BCUT2D eigenvalue weighted by atomic mass is 35.5. The third-order valence-corrected chi connectivity index (χ3v) is 6.25. The smallest absolute Gasteiger partial charge is 0.309 e. The van der Waals surface area contributed by atoms with E-state index in [1.54, 1.807) is 42.7 Å². The fourth-order valence-electron chi connectivity index (χ4n) is 4.00. The van der Waals surface area contributed by atoms with Crippen molar-refractivity contribution in [1.82, 2.24) is 15.5 Å². The maximum atomic E-state index is 13.2. The minimum atomic E-state index is -0.723. The van der Waals surface area contributed by atoms with Crippen molar-refractivity contribution < 1.29 is 18.4 Å². The molecule has 0 aliphatic carbocycles. The molecule has 34 heavy (non-hydrogen) atoms. The lowest BCUT2D eigenvalue weighted by atomic mass is 10.1. The first kappa shape index (κ1) is 23.8. The maximum absolute atomic E-state index is 13.2. The molecule has 2 aromatic carbocycles. The van der Waals surface area contributed by atoms with Crippen molar-refractivity contribution in [3.63, 3.8) is 0 Å². The first-order chi connectivity index (χ1) is 16.5. The number of furan rings is 1. The number of hydrogen-bond donors (Lipinski definition) is 2. The van der Waals surface area contributed by atoms with Crippen molar-refractivity contribution in [3.05, 3.63) is 89.1 Å². The molecular formula is C25H26ClFN4O3. The topological polar surface area (TPSA) is 77.8 Å². The fraction of sp³-hybridized carbons (Fsp3) is 0.280. The summed E-state index contributed by atoms with van der Waals surface area (Å²) in [6, 6.07) is 17.0. The molecule has 1 aliphatic rings. The first-order valence-corrected chi connectivity index (χ1v) is 11.5. The van der Waals surface area contributed by atoms with Crippen LogP contribution in [0, 0.1) is 5.82 Å². The lowest BCUT2D eigenvalue weighted by Gasteiger charge is -2.39. The molecule has 0 bridgehead atoms. The molecule has 2 heterocycles. The van der Waals surface area contributed by atoms with Gasteiger partial charge in [-0.1, -0.05) is 29.8 Å². The number of carbonyl (C=O) groups excluding carboxylic acids is 2. The molecule has 9 heteroatoms. The lowest BCUT2D eigenvalue weighted by molar-refractivity contribution is -0.139. The Kier molecular flexibility index (Phi) is 7.82. The van der Waals surface area contributed by atoms with E-state index in [1.165, 1.54) is 12.1 Å². The highest BCUT2D eigenvalue weighted by Crippen LogP contribution is 2.24. The van der Waals surface area contributed by atoms with Gasteiger partial charge in [0.05, 0.1) is 12.3 Å². The molecule has 1 atom stereocenters. The average molecular weight is 485 g/mol. The highest BCUT2D eigenvalue weighted by molar-refractivity contribution is 6.35. The summed E-state index contributed by atoms with van der Waals surface area (Å²) in [5.41, 5.74) is 1.71. The van der Waals surface area contributed by atoms with Crippen molar-refractivity contribution in [1.29, 1.82) is 0 Å². The molecule has 1 aliphatic heterocycles. The van der Waals surface area contributed by atoms with Crippen LogP contribution in [0.1, 0.15) is 17.4 Å². The van der Waals surface area contributed by atoms with E-state index in [4.69, 9.17) is 16.0 Å². The SMILES string of the molecule is O=C(NCc1ccccc1Cl)C(=O)NC[C@H](c1ccco1)N1CCN(c2ccc(F)cc2)CC1. The number of piperazine rings is 1. The summed E-state index contributed by atoms with van der Waals surface area (Å²) in [5, 5.41) is 5.86. The molecule has 1 saturated heterocycles. The molecule has 7 nitrogen and oxygen atoms in total. The number of rotatable bonds is 7. The van der Waals surface area contributed by atoms with Gasteiger partial charge in [0.15, 0.2) is 0 Å². The Morgan fingerprint density at radius 2 is 1.65 bits per heavy atom. The van der Waals surface area contributed by atoms with Gasteiger partial charge in [0.25, 0.3) is 0 Å². The Balaban J connectivity index is 1.32. The second kappa shape index (κ2) is 11.2. The monoisotopic (exact) mass is 484 g/mol. The lowest BCUT2D eigenvalue weighted by Crippen LogP contribution is -2.50. The minimum Gasteiger partial charge on any atom is -0.468 e. The summed E-state index contributed by atoms with van der Waals surface area (Å²) >= 11 is 6.10. The second-order valence-corrected chi connectivity index (χ2v) is 8.42. The van der Waals surface area contributed by atoms with Crippen LogP contribution in [0.3, 0.4) is 0 Å². The zero-order valence-electron chi connectivity index (χ0n) is 18.5. The number of amides is 2. The van der Waals surface area contributed by atoms with E-state index in [0.29, 0.717) is 10.8 Å². The van der Waals surface area contributed by atoms with Gasteiger partial charge in [-0.3, -0.25) is 14.5 Å². The molecule has 4 rings (SSSR count). The van der Waals surface area contributed by atoms with Gasteiger partial charge >= 0.3 is 11.8 Å². The summed E-state index contributed by atoms with van der Waals surface area (Å²) in [6.45, 7) is 3.32. The van der Waals surface area contributed by atoms with E-state index < -0.39 is 11.8 Å². The molecule has 0 radical (unpaired) electrons. The largest absolute Gasteiger partial charge is 0.468 e. The van der Waals surface area contributed by atoms with Gasteiger partial charge in [0.2, 0.25) is 0 Å². The van der Waals surface area contributed by atoms with E-state index in [0.717, 1.165) is 37.4 Å². The molecule has 0 spiro atoms. The second-order valence-electron chi connectivity index (χ2n) is 8.01. The predicted octanol–water partition coefficient (Wildman–Crippen LogP) is 3.37. The Morgan fingerprint density at radius 3 is 2.32 bits per heavy atom. The Morgan fingerprint density at radius 1 is 0.941 bits per heavy atom. The van der Waals surface area contributed by atoms with E-state index in [9.17, 15) is 14.0 Å². The van der Waals surface area contributed by atoms with Gasteiger partial charge in [0, 0.05) is 50.0 Å². The van der Waals surface area contributed by atoms with Gasteiger partial charge in [-0.15, -0.1) is 0 Å². The molecule has 3 aromatic rings. The van der Waals surface area contributed by atoms with E-state index in [1.807, 2.05) is 12.1 Å². The molecule has 1 aromatic heterocycles. The van der Waals surface area contributed by atoms with Crippen LogP contribution in [0.15, 0.2) is 71.3 Å². The van der Waals surface area contributed by atoms with Gasteiger partial charge in [-0.05, 0) is 48.0 Å². The summed E-state index contributed by atoms with van der Waals surface area (Å²) in [7, 11) is 0. The standard InChI is InChI=1S/C25H26ClFN4O3/c26-21-5-2-1-4-18(21)16-28-24(32)25(33)29-17-22(23-6-3-15-34-23)31-13-11-30(12-14-31)20-9-7-19(27)8-10-20/h1-10,15,22H,11-14,16-17H2,(H,28,32)(H,29,33)/t22-/m1/s1. The van der Waals surface area contributed by atoms with E-state index in [2.05, 4.69) is 20.4 Å². The molecule has 1 fully saturated rings. The number of nitrogens with one attached hydrogen (secondary N) is 2. The van der Waals surface area contributed by atoms with Crippen LogP contribution in [0.25, 0.3) is 0 Å². The summed E-state index contributed by atoms with van der Waals surface area (Å²) in [6.07, 6.45) is 1.59. The number of carbonyl (C=O) groups is 2. The minimum absolute atomic E-state index is 0.166. The zero-order chi connectivity index (χ0) is 23.9. The average Bonchev–Trinajstić information content (AvgIpc) is 3.39. The van der Waals surface area contributed by atoms with Gasteiger partial charge < -0.3 is 20.0 Å². The third kappa shape index (κ3) is 5.95. The van der Waals surface area contributed by atoms with Crippen molar-refractivity contribution in [2.75, 3.05) is 37.6 Å².